The Labute approximate surface area is 276 Å². The maximum atomic E-state index is 16.0. The van der Waals surface area contributed by atoms with E-state index in [0.717, 1.165) is 0 Å². The zero-order valence-electron chi connectivity index (χ0n) is 26.0. The molecule has 0 aliphatic carbocycles. The van der Waals surface area contributed by atoms with Gasteiger partial charge in [-0.2, -0.15) is 0 Å². The van der Waals surface area contributed by atoms with E-state index in [1.807, 2.05) is 20.8 Å². The highest BCUT2D eigenvalue weighted by Crippen LogP contribution is 2.57. The number of ether oxygens (including phenoxy) is 3. The molecule has 3 heterocycles. The van der Waals surface area contributed by atoms with Gasteiger partial charge in [-0.3, -0.25) is 14.4 Å². The molecule has 4 atom stereocenters. The molecule has 1 aromatic heterocycles. The second-order valence-corrected chi connectivity index (χ2v) is 13.3. The smallest absolute Gasteiger partial charge is 0.302 e. The van der Waals surface area contributed by atoms with Gasteiger partial charge in [0.1, 0.15) is 41.1 Å². The Morgan fingerprint density at radius 2 is 1.89 bits per heavy atom. The lowest BCUT2D eigenvalue weighted by molar-refractivity contribution is -0.141. The van der Waals surface area contributed by atoms with E-state index in [0.29, 0.717) is 34.9 Å². The van der Waals surface area contributed by atoms with Crippen molar-refractivity contribution < 1.29 is 33.0 Å². The Kier molecular flexibility index (Phi) is 9.49. The van der Waals surface area contributed by atoms with Crippen LogP contribution < -0.4 is 25.4 Å². The Morgan fingerprint density at radius 1 is 1.13 bits per heavy atom. The fourth-order valence-electron chi connectivity index (χ4n) is 6.45. The Hall–Kier alpha value is -3.93. The maximum Gasteiger partial charge on any atom is 0.302 e. The average molecular weight is 674 g/mol. The number of aromatic nitrogens is 1. The number of hydrogen-bond donors (Lipinski definition) is 3. The van der Waals surface area contributed by atoms with Crippen LogP contribution in [0.1, 0.15) is 51.2 Å². The number of esters is 1. The summed E-state index contributed by atoms with van der Waals surface area (Å²) in [5.74, 6) is -2.38. The summed E-state index contributed by atoms with van der Waals surface area (Å²) in [6.07, 6.45) is 1.97. The van der Waals surface area contributed by atoms with E-state index in [9.17, 15) is 14.4 Å². The first-order valence-corrected chi connectivity index (χ1v) is 15.4. The van der Waals surface area contributed by atoms with Crippen LogP contribution in [0.4, 0.5) is 15.8 Å². The van der Waals surface area contributed by atoms with Crippen molar-refractivity contribution >= 4 is 52.4 Å². The lowest BCUT2D eigenvalue weighted by atomic mass is 9.62. The molecule has 10 nitrogen and oxygen atoms in total. The molecule has 2 aliphatic rings. The number of methoxy groups -OCH3 is 1. The molecule has 244 valence electrons. The number of pyridine rings is 1. The van der Waals surface area contributed by atoms with E-state index in [-0.39, 0.29) is 34.4 Å². The van der Waals surface area contributed by atoms with E-state index < -0.39 is 47.0 Å². The first-order valence-electron chi connectivity index (χ1n) is 14.7. The van der Waals surface area contributed by atoms with Gasteiger partial charge in [-0.05, 0) is 41.7 Å². The normalized spacial score (nSPS) is 21.9. The van der Waals surface area contributed by atoms with E-state index in [2.05, 4.69) is 20.9 Å². The molecule has 1 fully saturated rings. The van der Waals surface area contributed by atoms with Crippen molar-refractivity contribution in [2.75, 3.05) is 31.0 Å². The van der Waals surface area contributed by atoms with Gasteiger partial charge in [0.15, 0.2) is 0 Å². The number of carbonyl (C=O) groups excluding carboxylic acids is 3. The zero-order valence-corrected chi connectivity index (χ0v) is 27.5. The Balaban J connectivity index is 1.58. The van der Waals surface area contributed by atoms with E-state index in [4.69, 9.17) is 37.4 Å². The third kappa shape index (κ3) is 6.36. The predicted octanol–water partition coefficient (Wildman–Crippen LogP) is 5.87. The van der Waals surface area contributed by atoms with Crippen LogP contribution >= 0.6 is 23.2 Å². The Morgan fingerprint density at radius 3 is 2.59 bits per heavy atom. The van der Waals surface area contributed by atoms with Gasteiger partial charge < -0.3 is 30.2 Å². The number of rotatable bonds is 9. The van der Waals surface area contributed by atoms with Gasteiger partial charge in [0, 0.05) is 42.4 Å². The molecule has 2 aromatic carbocycles. The van der Waals surface area contributed by atoms with Crippen molar-refractivity contribution in [1.29, 1.82) is 0 Å². The highest BCUT2D eigenvalue weighted by molar-refractivity contribution is 6.31. The van der Waals surface area contributed by atoms with Gasteiger partial charge in [-0.15, -0.1) is 0 Å². The van der Waals surface area contributed by atoms with Crippen molar-refractivity contribution in [1.82, 2.24) is 10.3 Å². The van der Waals surface area contributed by atoms with Crippen molar-refractivity contribution in [3.05, 3.63) is 75.8 Å². The first kappa shape index (κ1) is 33.4. The summed E-state index contributed by atoms with van der Waals surface area (Å²) in [4.78, 5) is 43.9. The number of benzene rings is 2. The van der Waals surface area contributed by atoms with Crippen molar-refractivity contribution in [2.45, 2.75) is 57.5 Å². The van der Waals surface area contributed by atoms with Crippen LogP contribution in [0.25, 0.3) is 0 Å². The topological polar surface area (TPSA) is 128 Å². The minimum Gasteiger partial charge on any atom is -0.494 e. The molecule has 13 heteroatoms. The van der Waals surface area contributed by atoms with Gasteiger partial charge in [-0.25, -0.2) is 9.37 Å². The van der Waals surface area contributed by atoms with Crippen molar-refractivity contribution in [3.8, 4) is 11.5 Å². The molecule has 3 aromatic rings. The van der Waals surface area contributed by atoms with Crippen LogP contribution in [0, 0.1) is 11.2 Å². The molecular weight excluding hydrogens is 638 g/mol. The van der Waals surface area contributed by atoms with Crippen molar-refractivity contribution in [2.24, 2.45) is 5.41 Å². The van der Waals surface area contributed by atoms with Gasteiger partial charge in [0.2, 0.25) is 11.8 Å². The number of carbonyl (C=O) groups is 3. The molecule has 5 rings (SSSR count). The highest BCUT2D eigenvalue weighted by atomic mass is 35.5. The summed E-state index contributed by atoms with van der Waals surface area (Å²) >= 11 is 12.5. The molecule has 2 amide bonds. The average Bonchev–Trinajstić information content (AvgIpc) is 3.46. The van der Waals surface area contributed by atoms with E-state index in [1.54, 1.807) is 36.4 Å². The maximum absolute atomic E-state index is 16.0. The number of nitrogens with zero attached hydrogens (tertiary/aromatic N) is 1. The zero-order chi connectivity index (χ0) is 33.4. The minimum absolute atomic E-state index is 0.0703. The third-order valence-corrected chi connectivity index (χ3v) is 8.70. The Bertz CT molecular complexity index is 1680. The van der Waals surface area contributed by atoms with Crippen LogP contribution in [0.5, 0.6) is 11.5 Å². The largest absolute Gasteiger partial charge is 0.494 e. The molecule has 3 N–H and O–H groups in total. The number of nitrogens with one attached hydrogen (secondary N) is 3. The predicted molar refractivity (Wildman–Crippen MR) is 172 cm³/mol. The van der Waals surface area contributed by atoms with Crippen LogP contribution in [-0.4, -0.2) is 55.2 Å². The van der Waals surface area contributed by atoms with Gasteiger partial charge in [0.05, 0.1) is 23.9 Å². The molecular formula is C33H35Cl2FN4O6. The number of halogens is 3. The summed E-state index contributed by atoms with van der Waals surface area (Å²) in [5, 5.41) is 9.31. The van der Waals surface area contributed by atoms with Crippen LogP contribution in [0.15, 0.2) is 48.7 Å². The molecule has 46 heavy (non-hydrogen) atoms. The summed E-state index contributed by atoms with van der Waals surface area (Å²) in [6.45, 7) is 7.58. The van der Waals surface area contributed by atoms with Gasteiger partial charge in [-0.1, -0.05) is 56.1 Å². The van der Waals surface area contributed by atoms with E-state index in [1.165, 1.54) is 26.3 Å². The quantitative estimate of drug-likeness (QED) is 0.146. The molecule has 0 radical (unpaired) electrons. The molecule has 0 unspecified atom stereocenters. The van der Waals surface area contributed by atoms with E-state index >= 15 is 4.39 Å². The standard InChI is InChI=1S/C33H35Cl2FN4O6/c1-17(41)45-11-12-46-18-9-10-22(24(13-18)44-5)38-30(42)29-27(19-7-6-8-21(34)28(19)36)33(25(40-29)15-32(2,3)4)20-16-37-26(35)14-23(20)39-31(33)43/h6-10,13-14,16,25,27,29,40H,11-12,15H2,1-5H3,(H,38,42)(H,39,43)/t25-,27-,29+,33+/m0/s1. The number of amides is 2. The number of anilines is 2. The second-order valence-electron chi connectivity index (χ2n) is 12.5. The summed E-state index contributed by atoms with van der Waals surface area (Å²) in [6, 6.07) is 9.21. The van der Waals surface area contributed by atoms with Crippen LogP contribution in [-0.2, 0) is 24.5 Å². The number of hydrogen-bond acceptors (Lipinski definition) is 8. The lowest BCUT2D eigenvalue weighted by Crippen LogP contribution is -2.49. The molecule has 1 saturated heterocycles. The fraction of sp³-hybridized carbons (Fsp3) is 0.394. The SMILES string of the molecule is COc1cc(OCCOC(C)=O)ccc1NC(=O)[C@@H]1N[C@@H](CC(C)(C)C)[C@@]2(C(=O)Nc3cc(Cl)ncc32)[C@H]1c1cccc(Cl)c1F. The lowest BCUT2D eigenvalue weighted by Gasteiger charge is -2.37. The second kappa shape index (κ2) is 13.1. The minimum atomic E-state index is -1.45. The summed E-state index contributed by atoms with van der Waals surface area (Å²) in [5.41, 5.74) is -0.355. The molecule has 1 spiro atoms. The fourth-order valence-corrected chi connectivity index (χ4v) is 6.79. The van der Waals surface area contributed by atoms with Gasteiger partial charge >= 0.3 is 5.97 Å². The summed E-state index contributed by atoms with van der Waals surface area (Å²) in [7, 11) is 1.44. The number of fused-ring (bicyclic) bond motifs is 2. The first-order chi connectivity index (χ1) is 21.8. The highest BCUT2D eigenvalue weighted by Gasteiger charge is 2.66. The van der Waals surface area contributed by atoms with Crippen LogP contribution in [0.2, 0.25) is 10.2 Å². The molecule has 0 saturated carbocycles. The summed E-state index contributed by atoms with van der Waals surface area (Å²) < 4.78 is 32.1. The van der Waals surface area contributed by atoms with Gasteiger partial charge in [0.25, 0.3) is 0 Å². The van der Waals surface area contributed by atoms with Crippen LogP contribution in [0.3, 0.4) is 0 Å². The van der Waals surface area contributed by atoms with Crippen molar-refractivity contribution in [3.63, 3.8) is 0 Å². The molecule has 0 bridgehead atoms. The third-order valence-electron chi connectivity index (χ3n) is 8.20. The monoisotopic (exact) mass is 672 g/mol. The molecule has 2 aliphatic heterocycles.